The fourth-order valence-corrected chi connectivity index (χ4v) is 5.78. The van der Waals surface area contributed by atoms with E-state index in [4.69, 9.17) is 9.47 Å². The number of nitrogens with zero attached hydrogens (tertiary/aromatic N) is 8. The third-order valence-corrected chi connectivity index (χ3v) is 8.28. The Labute approximate surface area is 265 Å². The van der Waals surface area contributed by atoms with Crippen LogP contribution >= 0.6 is 0 Å². The van der Waals surface area contributed by atoms with E-state index in [1.807, 2.05) is 48.5 Å². The summed E-state index contributed by atoms with van der Waals surface area (Å²) in [6.45, 7) is 6.53. The molecule has 2 aromatic heterocycles. The van der Waals surface area contributed by atoms with Crippen LogP contribution in [-0.4, -0.2) is 93.6 Å². The van der Waals surface area contributed by atoms with Crippen molar-refractivity contribution in [3.05, 3.63) is 48.5 Å². The molecule has 2 aliphatic heterocycles. The summed E-state index contributed by atoms with van der Waals surface area (Å²) in [5.74, 6) is -0.987. The fourth-order valence-electron chi connectivity index (χ4n) is 5.78. The van der Waals surface area contributed by atoms with Crippen molar-refractivity contribution in [1.82, 2.24) is 18.9 Å². The maximum Gasteiger partial charge on any atom is 0.264 e. The number of unbranched alkanes of at least 4 members (excludes halogenated alkanes) is 1. The summed E-state index contributed by atoms with van der Waals surface area (Å²) in [5.41, 5.74) is 2.11. The summed E-state index contributed by atoms with van der Waals surface area (Å²) in [4.78, 5) is 29.4. The molecule has 4 aromatic rings. The monoisotopic (exact) mass is 630 g/mol. The smallest absolute Gasteiger partial charge is 0.264 e. The summed E-state index contributed by atoms with van der Waals surface area (Å²) in [7, 11) is 0. The molecule has 46 heavy (non-hydrogen) atoms. The number of morpholine rings is 2. The summed E-state index contributed by atoms with van der Waals surface area (Å²) in [6.07, 6.45) is 1.01. The van der Waals surface area contributed by atoms with Gasteiger partial charge in [0.1, 0.15) is 0 Å². The van der Waals surface area contributed by atoms with Gasteiger partial charge in [-0.2, -0.15) is 0 Å². The van der Waals surface area contributed by atoms with Crippen LogP contribution in [0.15, 0.2) is 69.0 Å². The molecule has 2 fully saturated rings. The quantitative estimate of drug-likeness (QED) is 0.172. The molecule has 2 aromatic carbocycles. The standard InChI is InChI=1S/C32H38N8O6/c41-27(33-35-29-23-7-1-3-9-25(23)39(31(29)43)21-37-13-17-45-18-14-37)11-5-6-12-28(42)34-36-30-24-8-2-4-10-26(24)40(32(30)44)22-38-15-19-46-20-16-38/h1-4,7-10,43-44H,5-6,11-22H2. The highest BCUT2D eigenvalue weighted by atomic mass is 16.5. The van der Waals surface area contributed by atoms with E-state index in [1.54, 1.807) is 9.13 Å². The van der Waals surface area contributed by atoms with Crippen LogP contribution < -0.4 is 0 Å². The molecular weight excluding hydrogens is 592 g/mol. The average molecular weight is 631 g/mol. The van der Waals surface area contributed by atoms with Gasteiger partial charge in [-0.15, -0.1) is 20.5 Å². The predicted octanol–water partition coefficient (Wildman–Crippen LogP) is 5.07. The molecule has 0 bridgehead atoms. The molecule has 2 amide bonds. The van der Waals surface area contributed by atoms with Crippen LogP contribution in [0.3, 0.4) is 0 Å². The first-order valence-electron chi connectivity index (χ1n) is 15.6. The Bertz CT molecular complexity index is 1620. The van der Waals surface area contributed by atoms with E-state index in [9.17, 15) is 19.8 Å². The summed E-state index contributed by atoms with van der Waals surface area (Å²) in [6, 6.07) is 14.9. The number of hydrogen-bond donors (Lipinski definition) is 2. The van der Waals surface area contributed by atoms with Gasteiger partial charge in [0.05, 0.1) is 50.8 Å². The Balaban J connectivity index is 1.02. The molecule has 0 aliphatic carbocycles. The van der Waals surface area contributed by atoms with E-state index in [-0.39, 0.29) is 36.0 Å². The highest BCUT2D eigenvalue weighted by Gasteiger charge is 2.21. The molecule has 4 heterocycles. The SMILES string of the molecule is O=C(CCCCC(=O)N=Nc1c(O)n(CN2CCOCC2)c2ccccc12)N=Nc1c(O)n(CN2CCOCC2)c2ccccc12. The molecule has 6 rings (SSSR count). The first-order chi connectivity index (χ1) is 22.5. The lowest BCUT2D eigenvalue weighted by molar-refractivity contribution is -0.120. The number of hydrogen-bond acceptors (Lipinski definition) is 10. The van der Waals surface area contributed by atoms with Crippen molar-refractivity contribution in [3.63, 3.8) is 0 Å². The number of para-hydroxylation sites is 2. The molecule has 242 valence electrons. The summed E-state index contributed by atoms with van der Waals surface area (Å²) < 4.78 is 14.4. The number of fused-ring (bicyclic) bond motifs is 2. The van der Waals surface area contributed by atoms with Gasteiger partial charge in [-0.05, 0) is 25.0 Å². The number of aromatic nitrogens is 2. The second kappa shape index (κ2) is 14.7. The van der Waals surface area contributed by atoms with E-state index in [0.717, 1.165) is 37.2 Å². The van der Waals surface area contributed by atoms with E-state index in [2.05, 4.69) is 30.3 Å². The second-order valence-corrected chi connectivity index (χ2v) is 11.4. The normalized spacial score (nSPS) is 16.8. The van der Waals surface area contributed by atoms with Gasteiger partial charge in [0.25, 0.3) is 11.8 Å². The van der Waals surface area contributed by atoms with Crippen LogP contribution in [0.2, 0.25) is 0 Å². The minimum Gasteiger partial charge on any atom is -0.493 e. The largest absolute Gasteiger partial charge is 0.493 e. The minimum absolute atomic E-state index is 0.0459. The third kappa shape index (κ3) is 7.15. The molecule has 14 nitrogen and oxygen atoms in total. The van der Waals surface area contributed by atoms with Crippen molar-refractivity contribution in [3.8, 4) is 11.8 Å². The van der Waals surface area contributed by atoms with Gasteiger partial charge in [-0.3, -0.25) is 28.5 Å². The number of carbonyl (C=O) groups excluding carboxylic acids is 2. The number of azo groups is 2. The minimum atomic E-state index is -0.448. The molecule has 2 N–H and O–H groups in total. The third-order valence-electron chi connectivity index (χ3n) is 8.28. The maximum atomic E-state index is 12.5. The lowest BCUT2D eigenvalue weighted by Crippen LogP contribution is -2.37. The van der Waals surface area contributed by atoms with Crippen molar-refractivity contribution >= 4 is 45.0 Å². The van der Waals surface area contributed by atoms with Crippen molar-refractivity contribution in [1.29, 1.82) is 0 Å². The van der Waals surface area contributed by atoms with E-state index < -0.39 is 11.8 Å². The van der Waals surface area contributed by atoms with Gasteiger partial charge in [-0.1, -0.05) is 36.4 Å². The molecule has 0 unspecified atom stereocenters. The van der Waals surface area contributed by atoms with E-state index in [1.165, 1.54) is 0 Å². The van der Waals surface area contributed by atoms with Gasteiger partial charge in [0.2, 0.25) is 11.8 Å². The van der Waals surface area contributed by atoms with E-state index >= 15 is 0 Å². The van der Waals surface area contributed by atoms with Crippen LogP contribution in [-0.2, 0) is 32.4 Å². The molecule has 14 heteroatoms. The number of aromatic hydroxyl groups is 2. The predicted molar refractivity (Wildman–Crippen MR) is 170 cm³/mol. The number of benzene rings is 2. The van der Waals surface area contributed by atoms with Crippen molar-refractivity contribution in [2.75, 3.05) is 52.6 Å². The van der Waals surface area contributed by atoms with Crippen LogP contribution in [0, 0.1) is 0 Å². The van der Waals surface area contributed by atoms with Crippen LogP contribution in [0.25, 0.3) is 21.8 Å². The first kappa shape index (κ1) is 31.5. The molecule has 0 saturated carbocycles. The van der Waals surface area contributed by atoms with Gasteiger partial charge in [0, 0.05) is 49.8 Å². The highest BCUT2D eigenvalue weighted by Crippen LogP contribution is 2.40. The molecule has 0 spiro atoms. The molecular formula is C32H38N8O6. The molecule has 2 aliphatic rings. The lowest BCUT2D eigenvalue weighted by Gasteiger charge is -2.27. The Morgan fingerprint density at radius 1 is 0.630 bits per heavy atom. The first-order valence-corrected chi connectivity index (χ1v) is 15.6. The zero-order valence-electron chi connectivity index (χ0n) is 25.6. The topological polar surface area (TPSA) is 159 Å². The number of rotatable bonds is 11. The van der Waals surface area contributed by atoms with E-state index in [0.29, 0.717) is 63.4 Å². The Hall–Kier alpha value is -4.50. The second-order valence-electron chi connectivity index (χ2n) is 11.4. The van der Waals surface area contributed by atoms with Crippen molar-refractivity contribution < 1.29 is 29.3 Å². The zero-order valence-corrected chi connectivity index (χ0v) is 25.6. The Kier molecular flexibility index (Phi) is 10.1. The highest BCUT2D eigenvalue weighted by molar-refractivity contribution is 5.96. The van der Waals surface area contributed by atoms with Gasteiger partial charge in [-0.25, -0.2) is 0 Å². The average Bonchev–Trinajstić information content (AvgIpc) is 3.50. The van der Waals surface area contributed by atoms with Gasteiger partial charge < -0.3 is 19.7 Å². The summed E-state index contributed by atoms with van der Waals surface area (Å²) >= 11 is 0. The number of ether oxygens (including phenoxy) is 2. The van der Waals surface area contributed by atoms with Crippen molar-refractivity contribution in [2.45, 2.75) is 39.0 Å². The van der Waals surface area contributed by atoms with Gasteiger partial charge >= 0.3 is 0 Å². The maximum absolute atomic E-state index is 12.5. The Morgan fingerprint density at radius 2 is 1.02 bits per heavy atom. The Morgan fingerprint density at radius 3 is 1.43 bits per heavy atom. The number of carbonyl (C=O) groups is 2. The summed E-state index contributed by atoms with van der Waals surface area (Å²) in [5, 5.41) is 39.3. The zero-order chi connectivity index (χ0) is 31.9. The molecule has 0 radical (unpaired) electrons. The van der Waals surface area contributed by atoms with Gasteiger partial charge in [0.15, 0.2) is 11.4 Å². The molecule has 2 saturated heterocycles. The van der Waals surface area contributed by atoms with Crippen LogP contribution in [0.1, 0.15) is 25.7 Å². The number of amides is 2. The van der Waals surface area contributed by atoms with Crippen molar-refractivity contribution in [2.24, 2.45) is 20.5 Å². The van der Waals surface area contributed by atoms with Crippen LogP contribution in [0.4, 0.5) is 11.4 Å². The lowest BCUT2D eigenvalue weighted by atomic mass is 10.2. The van der Waals surface area contributed by atoms with Crippen LogP contribution in [0.5, 0.6) is 11.8 Å². The molecule has 0 atom stereocenters. The fraction of sp³-hybridized carbons (Fsp3) is 0.438.